The quantitative estimate of drug-likeness (QED) is 0.408. The van der Waals surface area contributed by atoms with Crippen LogP contribution in [-0.2, 0) is 12.3 Å². The number of hydrogen-bond acceptors (Lipinski definition) is 3. The SMILES string of the molecule is CCCn1c(SCc2ccc3ccccc3c2)nnc1-c1ccccc1. The molecule has 0 atom stereocenters. The van der Waals surface area contributed by atoms with Crippen molar-refractivity contribution in [2.45, 2.75) is 30.8 Å². The summed E-state index contributed by atoms with van der Waals surface area (Å²) in [5.74, 6) is 1.84. The molecule has 0 fully saturated rings. The van der Waals surface area contributed by atoms with Crippen LogP contribution in [0.25, 0.3) is 22.2 Å². The van der Waals surface area contributed by atoms with E-state index in [9.17, 15) is 0 Å². The molecule has 0 amide bonds. The zero-order chi connectivity index (χ0) is 17.8. The van der Waals surface area contributed by atoms with Crippen LogP contribution in [0.15, 0.2) is 78.0 Å². The Labute approximate surface area is 158 Å². The van der Waals surface area contributed by atoms with Crippen LogP contribution in [0.3, 0.4) is 0 Å². The van der Waals surface area contributed by atoms with Gasteiger partial charge in [0.25, 0.3) is 0 Å². The van der Waals surface area contributed by atoms with Crippen LogP contribution >= 0.6 is 11.8 Å². The number of rotatable bonds is 6. The molecule has 0 aliphatic rings. The van der Waals surface area contributed by atoms with Gasteiger partial charge in [-0.3, -0.25) is 0 Å². The highest BCUT2D eigenvalue weighted by Gasteiger charge is 2.13. The maximum Gasteiger partial charge on any atom is 0.191 e. The third-order valence-corrected chi connectivity index (χ3v) is 5.42. The Morgan fingerprint density at radius 3 is 2.42 bits per heavy atom. The average Bonchev–Trinajstić information content (AvgIpc) is 3.10. The maximum atomic E-state index is 4.46. The molecular formula is C22H21N3S. The predicted octanol–water partition coefficient (Wildman–Crippen LogP) is 5.80. The van der Waals surface area contributed by atoms with E-state index in [-0.39, 0.29) is 0 Å². The molecule has 26 heavy (non-hydrogen) atoms. The molecule has 3 aromatic carbocycles. The molecule has 1 heterocycles. The Kier molecular flexibility index (Phi) is 5.02. The second-order valence-electron chi connectivity index (χ2n) is 6.29. The van der Waals surface area contributed by atoms with E-state index in [4.69, 9.17) is 0 Å². The average molecular weight is 359 g/mol. The van der Waals surface area contributed by atoms with E-state index in [1.165, 1.54) is 16.3 Å². The molecule has 4 aromatic rings. The molecule has 0 spiro atoms. The lowest BCUT2D eigenvalue weighted by atomic mass is 10.1. The van der Waals surface area contributed by atoms with Gasteiger partial charge in [-0.2, -0.15) is 0 Å². The van der Waals surface area contributed by atoms with Crippen LogP contribution in [0.5, 0.6) is 0 Å². The molecule has 0 saturated carbocycles. The highest BCUT2D eigenvalue weighted by molar-refractivity contribution is 7.98. The lowest BCUT2D eigenvalue weighted by Crippen LogP contribution is -2.01. The monoisotopic (exact) mass is 359 g/mol. The number of hydrogen-bond donors (Lipinski definition) is 0. The lowest BCUT2D eigenvalue weighted by molar-refractivity contribution is 0.626. The maximum absolute atomic E-state index is 4.46. The number of thioether (sulfide) groups is 1. The van der Waals surface area contributed by atoms with Crippen molar-refractivity contribution in [2.75, 3.05) is 0 Å². The highest BCUT2D eigenvalue weighted by atomic mass is 32.2. The van der Waals surface area contributed by atoms with Crippen molar-refractivity contribution in [3.8, 4) is 11.4 Å². The van der Waals surface area contributed by atoms with Gasteiger partial charge in [-0.15, -0.1) is 10.2 Å². The Bertz CT molecular complexity index is 1010. The molecule has 0 bridgehead atoms. The Morgan fingerprint density at radius 1 is 0.846 bits per heavy atom. The van der Waals surface area contributed by atoms with Crippen LogP contribution in [0, 0.1) is 0 Å². The van der Waals surface area contributed by atoms with Gasteiger partial charge in [0.1, 0.15) is 0 Å². The van der Waals surface area contributed by atoms with E-state index < -0.39 is 0 Å². The zero-order valence-corrected chi connectivity index (χ0v) is 15.6. The molecule has 0 aliphatic heterocycles. The number of benzene rings is 3. The number of aromatic nitrogens is 3. The molecule has 0 aliphatic carbocycles. The minimum Gasteiger partial charge on any atom is -0.302 e. The number of nitrogens with zero attached hydrogens (tertiary/aromatic N) is 3. The summed E-state index contributed by atoms with van der Waals surface area (Å²) >= 11 is 1.75. The Hall–Kier alpha value is -2.59. The fourth-order valence-electron chi connectivity index (χ4n) is 3.10. The molecular weight excluding hydrogens is 338 g/mol. The minimum atomic E-state index is 0.890. The third-order valence-electron chi connectivity index (χ3n) is 4.38. The molecule has 3 nitrogen and oxygen atoms in total. The summed E-state index contributed by atoms with van der Waals surface area (Å²) < 4.78 is 2.24. The van der Waals surface area contributed by atoms with E-state index in [1.807, 2.05) is 18.2 Å². The van der Waals surface area contributed by atoms with E-state index in [2.05, 4.69) is 76.3 Å². The van der Waals surface area contributed by atoms with Gasteiger partial charge < -0.3 is 4.57 Å². The second kappa shape index (κ2) is 7.75. The van der Waals surface area contributed by atoms with Crippen molar-refractivity contribution in [3.05, 3.63) is 78.4 Å². The molecule has 0 radical (unpaired) electrons. The number of fused-ring (bicyclic) bond motifs is 1. The highest BCUT2D eigenvalue weighted by Crippen LogP contribution is 2.27. The van der Waals surface area contributed by atoms with Gasteiger partial charge in [0.05, 0.1) is 0 Å². The summed E-state index contributed by atoms with van der Waals surface area (Å²) in [5.41, 5.74) is 2.42. The van der Waals surface area contributed by atoms with Crippen LogP contribution in [0.2, 0.25) is 0 Å². The lowest BCUT2D eigenvalue weighted by Gasteiger charge is -2.09. The molecule has 0 saturated heterocycles. The first-order valence-corrected chi connectivity index (χ1v) is 9.93. The topological polar surface area (TPSA) is 30.7 Å². The first kappa shape index (κ1) is 16.9. The molecule has 0 unspecified atom stereocenters. The molecule has 4 heteroatoms. The first-order valence-electron chi connectivity index (χ1n) is 8.94. The second-order valence-corrected chi connectivity index (χ2v) is 7.24. The molecule has 1 aromatic heterocycles. The van der Waals surface area contributed by atoms with E-state index in [0.717, 1.165) is 35.3 Å². The van der Waals surface area contributed by atoms with Crippen molar-refractivity contribution in [2.24, 2.45) is 0 Å². The predicted molar refractivity (Wildman–Crippen MR) is 109 cm³/mol. The van der Waals surface area contributed by atoms with Crippen LogP contribution in [0.4, 0.5) is 0 Å². The van der Waals surface area contributed by atoms with Crippen molar-refractivity contribution in [1.29, 1.82) is 0 Å². The van der Waals surface area contributed by atoms with E-state index >= 15 is 0 Å². The molecule has 130 valence electrons. The summed E-state index contributed by atoms with van der Waals surface area (Å²) in [6.45, 7) is 3.11. The summed E-state index contributed by atoms with van der Waals surface area (Å²) in [5, 5.41) is 12.5. The van der Waals surface area contributed by atoms with Gasteiger partial charge in [-0.25, -0.2) is 0 Å². The molecule has 4 rings (SSSR count). The smallest absolute Gasteiger partial charge is 0.191 e. The zero-order valence-electron chi connectivity index (χ0n) is 14.8. The van der Waals surface area contributed by atoms with Gasteiger partial charge in [0.15, 0.2) is 11.0 Å². The first-order chi connectivity index (χ1) is 12.8. The van der Waals surface area contributed by atoms with Gasteiger partial charge in [0.2, 0.25) is 0 Å². The summed E-state index contributed by atoms with van der Waals surface area (Å²) in [6.07, 6.45) is 1.06. The summed E-state index contributed by atoms with van der Waals surface area (Å²) in [6, 6.07) is 25.4. The van der Waals surface area contributed by atoms with Crippen molar-refractivity contribution < 1.29 is 0 Å². The Balaban J connectivity index is 1.58. The molecule has 0 N–H and O–H groups in total. The summed E-state index contributed by atoms with van der Waals surface area (Å²) in [4.78, 5) is 0. The fraction of sp³-hybridized carbons (Fsp3) is 0.182. The van der Waals surface area contributed by atoms with Gasteiger partial charge >= 0.3 is 0 Å². The van der Waals surface area contributed by atoms with Crippen molar-refractivity contribution in [1.82, 2.24) is 14.8 Å². The minimum absolute atomic E-state index is 0.890. The van der Waals surface area contributed by atoms with Crippen LogP contribution in [0.1, 0.15) is 18.9 Å². The fourth-order valence-corrected chi connectivity index (χ4v) is 4.01. The van der Waals surface area contributed by atoms with Gasteiger partial charge in [-0.05, 0) is 22.8 Å². The normalized spacial score (nSPS) is 11.1. The third kappa shape index (κ3) is 3.51. The van der Waals surface area contributed by atoms with Crippen molar-refractivity contribution in [3.63, 3.8) is 0 Å². The van der Waals surface area contributed by atoms with Crippen LogP contribution in [-0.4, -0.2) is 14.8 Å². The standard InChI is InChI=1S/C22H21N3S/c1-2-14-25-21(19-9-4-3-5-10-19)23-24-22(25)26-16-17-12-13-18-8-6-7-11-20(18)15-17/h3-13,15H,2,14,16H2,1H3. The van der Waals surface area contributed by atoms with Gasteiger partial charge in [-0.1, -0.05) is 91.5 Å². The Morgan fingerprint density at radius 2 is 1.62 bits per heavy atom. The van der Waals surface area contributed by atoms with Gasteiger partial charge in [0, 0.05) is 17.9 Å². The van der Waals surface area contributed by atoms with Crippen molar-refractivity contribution >= 4 is 22.5 Å². The van der Waals surface area contributed by atoms with E-state index in [0.29, 0.717) is 0 Å². The van der Waals surface area contributed by atoms with E-state index in [1.54, 1.807) is 11.8 Å². The van der Waals surface area contributed by atoms with Crippen LogP contribution < -0.4 is 0 Å². The summed E-state index contributed by atoms with van der Waals surface area (Å²) in [7, 11) is 0. The largest absolute Gasteiger partial charge is 0.302 e.